The monoisotopic (exact) mass is 384 g/mol. The molecule has 2 aromatic carbocycles. The lowest BCUT2D eigenvalue weighted by Gasteiger charge is -2.38. The number of nitriles is 1. The molecule has 2 atom stereocenters. The summed E-state index contributed by atoms with van der Waals surface area (Å²) in [7, 11) is 0. The number of thioether (sulfide) groups is 1. The second-order valence-electron chi connectivity index (χ2n) is 6.48. The molecule has 1 saturated heterocycles. The summed E-state index contributed by atoms with van der Waals surface area (Å²) in [4.78, 5) is 14.1. The molecule has 7 heteroatoms. The topological polar surface area (TPSA) is 64.3 Å². The highest BCUT2D eigenvalue weighted by atomic mass is 32.2. The first kappa shape index (κ1) is 17.7. The summed E-state index contributed by atoms with van der Waals surface area (Å²) in [5.41, 5.74) is -0.214. The summed E-state index contributed by atoms with van der Waals surface area (Å²) in [6.45, 7) is 0. The molecule has 4 nitrogen and oxygen atoms in total. The predicted octanol–water partition coefficient (Wildman–Crippen LogP) is 3.61. The number of aliphatic hydroxyl groups is 1. The lowest BCUT2D eigenvalue weighted by molar-refractivity contribution is -0.149. The van der Waals surface area contributed by atoms with Crippen LogP contribution in [0.2, 0.25) is 0 Å². The molecule has 0 aromatic heterocycles. The highest BCUT2D eigenvalue weighted by Crippen LogP contribution is 2.51. The van der Waals surface area contributed by atoms with E-state index in [0.29, 0.717) is 21.7 Å². The number of rotatable bonds is 2. The van der Waals surface area contributed by atoms with Crippen molar-refractivity contribution in [1.82, 2.24) is 4.90 Å². The molecule has 1 N–H and O–H groups in total. The number of carbonyl (C=O) groups excluding carboxylic acids is 1. The van der Waals surface area contributed by atoms with Crippen molar-refractivity contribution >= 4 is 17.7 Å². The lowest BCUT2D eigenvalue weighted by Crippen LogP contribution is -2.48. The minimum Gasteiger partial charge on any atom is -0.366 e. The van der Waals surface area contributed by atoms with Crippen molar-refractivity contribution in [3.05, 3.63) is 81.9 Å². The van der Waals surface area contributed by atoms with E-state index in [9.17, 15) is 23.9 Å². The zero-order valence-corrected chi connectivity index (χ0v) is 14.8. The maximum atomic E-state index is 13.2. The van der Waals surface area contributed by atoms with Crippen molar-refractivity contribution in [2.75, 3.05) is 5.75 Å². The van der Waals surface area contributed by atoms with Crippen LogP contribution in [0.1, 0.15) is 23.5 Å². The Morgan fingerprint density at radius 2 is 1.70 bits per heavy atom. The fourth-order valence-electron chi connectivity index (χ4n) is 3.54. The fourth-order valence-corrected chi connectivity index (χ4v) is 4.89. The van der Waals surface area contributed by atoms with Gasteiger partial charge in [-0.3, -0.25) is 9.69 Å². The van der Waals surface area contributed by atoms with Crippen LogP contribution in [-0.2, 0) is 10.5 Å². The van der Waals surface area contributed by atoms with Gasteiger partial charge in [-0.2, -0.15) is 5.26 Å². The highest BCUT2D eigenvalue weighted by molar-refractivity contribution is 8.03. The van der Waals surface area contributed by atoms with E-state index >= 15 is 0 Å². The Bertz CT molecular complexity index is 983. The molecule has 2 aliphatic heterocycles. The van der Waals surface area contributed by atoms with Crippen LogP contribution in [0.3, 0.4) is 0 Å². The molecule has 2 heterocycles. The number of amides is 1. The largest absolute Gasteiger partial charge is 0.366 e. The van der Waals surface area contributed by atoms with Gasteiger partial charge in [-0.25, -0.2) is 8.78 Å². The summed E-state index contributed by atoms with van der Waals surface area (Å²) in [6.07, 6.45) is -0.0118. The molecule has 27 heavy (non-hydrogen) atoms. The third-order valence-electron chi connectivity index (χ3n) is 4.89. The van der Waals surface area contributed by atoms with Crippen molar-refractivity contribution in [3.8, 4) is 6.07 Å². The average molecular weight is 384 g/mol. The van der Waals surface area contributed by atoms with Crippen molar-refractivity contribution < 1.29 is 18.7 Å². The van der Waals surface area contributed by atoms with E-state index in [1.807, 2.05) is 0 Å². The molecule has 0 spiro atoms. The quantitative estimate of drug-likeness (QED) is 0.859. The van der Waals surface area contributed by atoms with Crippen molar-refractivity contribution in [2.45, 2.75) is 18.1 Å². The summed E-state index contributed by atoms with van der Waals surface area (Å²) in [6, 6.07) is 13.2. The van der Waals surface area contributed by atoms with Gasteiger partial charge in [0.2, 0.25) is 5.91 Å². The zero-order valence-electron chi connectivity index (χ0n) is 14.0. The van der Waals surface area contributed by atoms with Crippen LogP contribution in [0.4, 0.5) is 8.78 Å². The summed E-state index contributed by atoms with van der Waals surface area (Å²) >= 11 is 1.21. The Labute approximate surface area is 158 Å². The van der Waals surface area contributed by atoms with Gasteiger partial charge in [-0.15, -0.1) is 11.8 Å². The van der Waals surface area contributed by atoms with E-state index in [4.69, 9.17) is 0 Å². The Balaban J connectivity index is 1.79. The van der Waals surface area contributed by atoms with Crippen LogP contribution in [0.15, 0.2) is 59.1 Å². The minimum atomic E-state index is -1.64. The average Bonchev–Trinajstić information content (AvgIpc) is 3.02. The van der Waals surface area contributed by atoms with Crippen molar-refractivity contribution in [1.29, 1.82) is 5.26 Å². The number of hydrogen-bond acceptors (Lipinski definition) is 4. The summed E-state index contributed by atoms with van der Waals surface area (Å²) in [5, 5.41) is 21.3. The number of carbonyl (C=O) groups is 1. The van der Waals surface area contributed by atoms with Gasteiger partial charge in [0.15, 0.2) is 5.72 Å². The van der Waals surface area contributed by atoms with Gasteiger partial charge in [-0.1, -0.05) is 24.3 Å². The molecule has 0 saturated carbocycles. The van der Waals surface area contributed by atoms with Crippen molar-refractivity contribution in [3.63, 3.8) is 0 Å². The van der Waals surface area contributed by atoms with Crippen LogP contribution in [0.5, 0.6) is 0 Å². The molecular formula is C20H14F2N2O2S. The summed E-state index contributed by atoms with van der Waals surface area (Å²) in [5.74, 6) is -1.52. The Morgan fingerprint density at radius 3 is 2.30 bits per heavy atom. The smallest absolute Gasteiger partial charge is 0.231 e. The second-order valence-corrected chi connectivity index (χ2v) is 7.44. The number of hydrogen-bond donors (Lipinski definition) is 1. The Hall–Kier alpha value is -2.69. The number of benzene rings is 2. The maximum Gasteiger partial charge on any atom is 0.231 e. The predicted molar refractivity (Wildman–Crippen MR) is 96.0 cm³/mol. The molecular weight excluding hydrogens is 370 g/mol. The Kier molecular flexibility index (Phi) is 4.25. The van der Waals surface area contributed by atoms with E-state index in [2.05, 4.69) is 6.07 Å². The molecule has 2 aliphatic rings. The van der Waals surface area contributed by atoms with E-state index in [1.54, 1.807) is 12.1 Å². The number of allylic oxidation sites excluding steroid dienone is 1. The number of nitrogens with zero attached hydrogens (tertiary/aromatic N) is 2. The van der Waals surface area contributed by atoms with Gasteiger partial charge >= 0.3 is 0 Å². The minimum absolute atomic E-state index is 0.0118. The van der Waals surface area contributed by atoms with Crippen LogP contribution in [0.25, 0.3) is 0 Å². The molecule has 0 unspecified atom stereocenters. The molecule has 0 aliphatic carbocycles. The van der Waals surface area contributed by atoms with Gasteiger partial charge < -0.3 is 5.11 Å². The van der Waals surface area contributed by atoms with Gasteiger partial charge in [0.1, 0.15) is 11.6 Å². The van der Waals surface area contributed by atoms with Gasteiger partial charge in [0, 0.05) is 17.9 Å². The highest BCUT2D eigenvalue weighted by Gasteiger charge is 2.51. The first-order chi connectivity index (χ1) is 12.9. The van der Waals surface area contributed by atoms with Crippen molar-refractivity contribution in [2.24, 2.45) is 0 Å². The first-order valence-electron chi connectivity index (χ1n) is 8.28. The number of fused-ring (bicyclic) bond motifs is 1. The number of halogens is 2. The molecule has 4 rings (SSSR count). The van der Waals surface area contributed by atoms with E-state index in [1.165, 1.54) is 53.1 Å². The maximum absolute atomic E-state index is 13.2. The molecule has 2 aromatic rings. The third-order valence-corrected chi connectivity index (χ3v) is 6.11. The molecule has 136 valence electrons. The lowest BCUT2D eigenvalue weighted by atomic mass is 9.85. The summed E-state index contributed by atoms with van der Waals surface area (Å²) < 4.78 is 26.5. The molecule has 1 fully saturated rings. The first-order valence-corrected chi connectivity index (χ1v) is 9.26. The van der Waals surface area contributed by atoms with Gasteiger partial charge in [0.05, 0.1) is 22.4 Å². The van der Waals surface area contributed by atoms with Gasteiger partial charge in [-0.05, 0) is 29.8 Å². The van der Waals surface area contributed by atoms with E-state index < -0.39 is 23.3 Å². The van der Waals surface area contributed by atoms with Crippen LogP contribution in [-0.4, -0.2) is 21.7 Å². The standard InChI is InChI=1S/C20H14F2N2O2S/c21-14-5-1-12(2-6-14)16-9-18(25)24-19(17(16)10-23)27-11-20(24,26)13-3-7-15(22)8-4-13/h1-8,16,26H,9,11H2/t16-,20+/m1/s1. The third kappa shape index (κ3) is 2.82. The van der Waals surface area contributed by atoms with E-state index in [0.717, 1.165) is 0 Å². The normalized spacial score (nSPS) is 24.7. The molecule has 0 radical (unpaired) electrons. The molecule has 1 amide bonds. The fraction of sp³-hybridized carbons (Fsp3) is 0.200. The van der Waals surface area contributed by atoms with Crippen LogP contribution < -0.4 is 0 Å². The van der Waals surface area contributed by atoms with E-state index in [-0.39, 0.29) is 18.1 Å². The van der Waals surface area contributed by atoms with Crippen LogP contribution >= 0.6 is 11.8 Å². The van der Waals surface area contributed by atoms with Gasteiger partial charge in [0.25, 0.3) is 0 Å². The Morgan fingerprint density at radius 1 is 1.11 bits per heavy atom. The SMILES string of the molecule is N#CC1=C2SC[C@](O)(c3ccc(F)cc3)N2C(=O)C[C@@H]1c1ccc(F)cc1. The second kappa shape index (κ2) is 6.48. The molecule has 0 bridgehead atoms. The zero-order chi connectivity index (χ0) is 19.2. The van der Waals surface area contributed by atoms with Crippen LogP contribution in [0, 0.1) is 23.0 Å².